The molecule has 1 N–H and O–H groups in total. The number of rotatable bonds is 6. The molecule has 7 nitrogen and oxygen atoms in total. The van der Waals surface area contributed by atoms with Crippen molar-refractivity contribution in [3.63, 3.8) is 0 Å². The molecule has 0 bridgehead atoms. The van der Waals surface area contributed by atoms with Crippen molar-refractivity contribution in [2.24, 2.45) is 0 Å². The Morgan fingerprint density at radius 3 is 2.44 bits per heavy atom. The van der Waals surface area contributed by atoms with Crippen LogP contribution in [-0.4, -0.2) is 25.7 Å². The van der Waals surface area contributed by atoms with E-state index in [2.05, 4.69) is 20.4 Å². The molecule has 4 rings (SSSR count). The van der Waals surface area contributed by atoms with E-state index in [4.69, 9.17) is 4.42 Å². The highest BCUT2D eigenvalue weighted by Gasteiger charge is 2.22. The van der Waals surface area contributed by atoms with Gasteiger partial charge in [0.05, 0.1) is 17.6 Å². The standard InChI is InChI=1S/C21H17F2N5O2.C2H6/c1-2-13-3-5-15(6-4-13)28-11-16(18(27-28)19(22)23)25-20(29)17-12-30-21(26-17)14-7-9-24-10-8-14;1-2/h3-12,19H,2H2,1H3,(H,25,29);1-2H3. The molecule has 0 aliphatic rings. The second kappa shape index (κ2) is 10.4. The van der Waals surface area contributed by atoms with Crippen LogP contribution in [0.1, 0.15) is 48.9 Å². The number of aromatic nitrogens is 4. The summed E-state index contributed by atoms with van der Waals surface area (Å²) < 4.78 is 33.6. The number of hydrogen-bond donors (Lipinski definition) is 1. The average molecular weight is 439 g/mol. The minimum atomic E-state index is -2.86. The molecular weight excluding hydrogens is 416 g/mol. The van der Waals surface area contributed by atoms with Gasteiger partial charge in [-0.2, -0.15) is 5.10 Å². The molecule has 0 aliphatic heterocycles. The second-order valence-corrected chi connectivity index (χ2v) is 6.42. The molecule has 0 aliphatic carbocycles. The number of carbonyl (C=O) groups is 1. The SMILES string of the molecule is CC.CCc1ccc(-n2cc(NC(=O)c3coc(-c4ccncc4)n3)c(C(F)F)n2)cc1. The maximum atomic E-state index is 13.5. The van der Waals surface area contributed by atoms with Gasteiger partial charge in [-0.05, 0) is 36.2 Å². The zero-order chi connectivity index (χ0) is 23.1. The topological polar surface area (TPSA) is 85.8 Å². The zero-order valence-electron chi connectivity index (χ0n) is 17.9. The summed E-state index contributed by atoms with van der Waals surface area (Å²) >= 11 is 0. The summed E-state index contributed by atoms with van der Waals surface area (Å²) in [6.07, 6.45) is 3.65. The lowest BCUT2D eigenvalue weighted by Gasteiger charge is -2.02. The fraction of sp³-hybridized carbons (Fsp3) is 0.217. The molecule has 0 radical (unpaired) electrons. The van der Waals surface area contributed by atoms with Crippen LogP contribution in [0.5, 0.6) is 0 Å². The Kier molecular flexibility index (Phi) is 7.43. The molecule has 0 spiro atoms. The molecule has 1 amide bonds. The smallest absolute Gasteiger partial charge is 0.284 e. The summed E-state index contributed by atoms with van der Waals surface area (Å²) in [5.41, 5.74) is 1.70. The van der Waals surface area contributed by atoms with Crippen LogP contribution in [0.25, 0.3) is 17.1 Å². The maximum absolute atomic E-state index is 13.5. The number of carbonyl (C=O) groups excluding carboxylic acids is 1. The van der Waals surface area contributed by atoms with Gasteiger partial charge in [-0.3, -0.25) is 9.78 Å². The van der Waals surface area contributed by atoms with Gasteiger partial charge < -0.3 is 9.73 Å². The van der Waals surface area contributed by atoms with Crippen molar-refractivity contribution >= 4 is 11.6 Å². The van der Waals surface area contributed by atoms with Crippen LogP contribution in [0.3, 0.4) is 0 Å². The minimum absolute atomic E-state index is 0.0397. The molecule has 3 aromatic heterocycles. The number of alkyl halides is 2. The average Bonchev–Trinajstić information content (AvgIpc) is 3.49. The first-order valence-electron chi connectivity index (χ1n) is 10.2. The van der Waals surface area contributed by atoms with E-state index >= 15 is 0 Å². The summed E-state index contributed by atoms with van der Waals surface area (Å²) in [6, 6.07) is 10.7. The number of benzene rings is 1. The van der Waals surface area contributed by atoms with E-state index in [0.29, 0.717) is 11.3 Å². The molecule has 0 unspecified atom stereocenters. The van der Waals surface area contributed by atoms with Crippen LogP contribution in [0.4, 0.5) is 14.5 Å². The molecule has 0 saturated carbocycles. The summed E-state index contributed by atoms with van der Waals surface area (Å²) in [4.78, 5) is 20.6. The first-order valence-corrected chi connectivity index (χ1v) is 10.2. The van der Waals surface area contributed by atoms with Crippen molar-refractivity contribution in [3.8, 4) is 17.1 Å². The first kappa shape index (κ1) is 22.8. The van der Waals surface area contributed by atoms with E-state index in [0.717, 1.165) is 12.0 Å². The van der Waals surface area contributed by atoms with Gasteiger partial charge in [0.2, 0.25) is 5.89 Å². The Morgan fingerprint density at radius 1 is 1.12 bits per heavy atom. The third-order valence-corrected chi connectivity index (χ3v) is 4.47. The molecule has 0 atom stereocenters. The number of amides is 1. The van der Waals surface area contributed by atoms with E-state index in [1.165, 1.54) is 17.1 Å². The summed E-state index contributed by atoms with van der Waals surface area (Å²) in [5, 5.41) is 6.38. The van der Waals surface area contributed by atoms with Crippen LogP contribution >= 0.6 is 0 Å². The largest absolute Gasteiger partial charge is 0.444 e. The van der Waals surface area contributed by atoms with Crippen LogP contribution in [0.15, 0.2) is 65.7 Å². The lowest BCUT2D eigenvalue weighted by Crippen LogP contribution is -2.13. The first-order chi connectivity index (χ1) is 15.5. The van der Waals surface area contributed by atoms with E-state index in [1.54, 1.807) is 36.7 Å². The molecule has 0 fully saturated rings. The van der Waals surface area contributed by atoms with Gasteiger partial charge in [0.25, 0.3) is 12.3 Å². The molecule has 4 aromatic rings. The normalized spacial score (nSPS) is 10.6. The van der Waals surface area contributed by atoms with E-state index in [9.17, 15) is 13.6 Å². The Labute approximate surface area is 184 Å². The van der Waals surface area contributed by atoms with Gasteiger partial charge in [0.1, 0.15) is 6.26 Å². The second-order valence-electron chi connectivity index (χ2n) is 6.42. The number of halogens is 2. The predicted octanol–water partition coefficient (Wildman–Crippen LogP) is 5.70. The van der Waals surface area contributed by atoms with Crippen molar-refractivity contribution in [2.45, 2.75) is 33.6 Å². The van der Waals surface area contributed by atoms with Crippen molar-refractivity contribution in [3.05, 3.63) is 78.2 Å². The Morgan fingerprint density at radius 2 is 1.81 bits per heavy atom. The third-order valence-electron chi connectivity index (χ3n) is 4.47. The van der Waals surface area contributed by atoms with Gasteiger partial charge in [-0.25, -0.2) is 18.4 Å². The Balaban J connectivity index is 0.00000141. The zero-order valence-corrected chi connectivity index (χ0v) is 17.9. The monoisotopic (exact) mass is 439 g/mol. The molecule has 3 heterocycles. The van der Waals surface area contributed by atoms with Gasteiger partial charge in [0, 0.05) is 18.0 Å². The van der Waals surface area contributed by atoms with Crippen LogP contribution in [0.2, 0.25) is 0 Å². The van der Waals surface area contributed by atoms with Crippen LogP contribution < -0.4 is 5.32 Å². The van der Waals surface area contributed by atoms with Crippen LogP contribution in [0, 0.1) is 0 Å². The van der Waals surface area contributed by atoms with Crippen molar-refractivity contribution in [2.75, 3.05) is 5.32 Å². The number of anilines is 1. The highest BCUT2D eigenvalue weighted by atomic mass is 19.3. The van der Waals surface area contributed by atoms with E-state index in [-0.39, 0.29) is 17.3 Å². The number of pyridine rings is 1. The van der Waals surface area contributed by atoms with Crippen molar-refractivity contribution in [1.82, 2.24) is 19.7 Å². The minimum Gasteiger partial charge on any atom is -0.444 e. The molecule has 1 aromatic carbocycles. The number of aryl methyl sites for hydroxylation is 1. The van der Waals surface area contributed by atoms with E-state index in [1.807, 2.05) is 32.9 Å². The van der Waals surface area contributed by atoms with Gasteiger partial charge in [0.15, 0.2) is 11.4 Å². The van der Waals surface area contributed by atoms with Crippen LogP contribution in [-0.2, 0) is 6.42 Å². The third kappa shape index (κ3) is 5.05. The van der Waals surface area contributed by atoms with E-state index < -0.39 is 18.0 Å². The fourth-order valence-corrected chi connectivity index (χ4v) is 2.85. The van der Waals surface area contributed by atoms with Gasteiger partial charge >= 0.3 is 0 Å². The molecule has 0 saturated heterocycles. The number of nitrogens with zero attached hydrogens (tertiary/aromatic N) is 4. The maximum Gasteiger partial charge on any atom is 0.284 e. The van der Waals surface area contributed by atoms with Crippen molar-refractivity contribution in [1.29, 1.82) is 0 Å². The van der Waals surface area contributed by atoms with Crippen molar-refractivity contribution < 1.29 is 18.0 Å². The highest BCUT2D eigenvalue weighted by Crippen LogP contribution is 2.28. The summed E-state index contributed by atoms with van der Waals surface area (Å²) in [6.45, 7) is 6.02. The lowest BCUT2D eigenvalue weighted by atomic mass is 10.1. The highest BCUT2D eigenvalue weighted by molar-refractivity contribution is 6.03. The number of oxazole rings is 1. The molecule has 166 valence electrons. The Hall–Kier alpha value is -3.88. The molecule has 9 heteroatoms. The number of nitrogens with one attached hydrogen (secondary N) is 1. The van der Waals surface area contributed by atoms with Gasteiger partial charge in [-0.15, -0.1) is 0 Å². The number of hydrogen-bond acceptors (Lipinski definition) is 5. The Bertz CT molecular complexity index is 1150. The molecular formula is C23H23F2N5O2. The summed E-state index contributed by atoms with van der Waals surface area (Å²) in [5.74, 6) is -0.454. The predicted molar refractivity (Wildman–Crippen MR) is 117 cm³/mol. The molecule has 32 heavy (non-hydrogen) atoms. The summed E-state index contributed by atoms with van der Waals surface area (Å²) in [7, 11) is 0. The fourth-order valence-electron chi connectivity index (χ4n) is 2.85. The quantitative estimate of drug-likeness (QED) is 0.416. The van der Waals surface area contributed by atoms with Gasteiger partial charge in [-0.1, -0.05) is 32.9 Å². The lowest BCUT2D eigenvalue weighted by molar-refractivity contribution is 0.102.